The predicted octanol–water partition coefficient (Wildman–Crippen LogP) is 6.90. The molecule has 0 N–H and O–H groups in total. The van der Waals surface area contributed by atoms with E-state index < -0.39 is 0 Å². The van der Waals surface area contributed by atoms with E-state index in [1.807, 2.05) is 54.6 Å². The number of allylic oxidation sites excluding steroid dienone is 1. The van der Waals surface area contributed by atoms with Gasteiger partial charge in [0.05, 0.1) is 0 Å². The number of benzene rings is 3. The van der Waals surface area contributed by atoms with Gasteiger partial charge in [0.15, 0.2) is 5.78 Å². The molecule has 0 spiro atoms. The maximum absolute atomic E-state index is 12.4. The first-order valence-corrected chi connectivity index (χ1v) is 9.64. The zero-order chi connectivity index (χ0) is 19.1. The van der Waals surface area contributed by atoms with Crippen LogP contribution in [0.15, 0.2) is 78.9 Å². The summed E-state index contributed by atoms with van der Waals surface area (Å²) in [5.41, 5.74) is 6.66. The van der Waals surface area contributed by atoms with E-state index in [9.17, 15) is 4.79 Å². The molecule has 0 aliphatic rings. The van der Waals surface area contributed by atoms with Crippen molar-refractivity contribution in [3.05, 3.63) is 101 Å². The van der Waals surface area contributed by atoms with Crippen LogP contribution >= 0.6 is 0 Å². The SMILES string of the molecule is CCCCc1ccc(-c2ccc(C(=O)/C=C/c3ccc(C)cc3)cc2)cc1. The average Bonchev–Trinajstić information content (AvgIpc) is 2.72. The first-order chi connectivity index (χ1) is 13.2. The quantitative estimate of drug-likeness (QED) is 0.333. The molecule has 0 bridgehead atoms. The lowest BCUT2D eigenvalue weighted by molar-refractivity contribution is 0.104. The Morgan fingerprint density at radius 2 is 1.41 bits per heavy atom. The molecule has 3 rings (SSSR count). The summed E-state index contributed by atoms with van der Waals surface area (Å²) in [6.45, 7) is 4.27. The topological polar surface area (TPSA) is 17.1 Å². The minimum Gasteiger partial charge on any atom is -0.289 e. The van der Waals surface area contributed by atoms with E-state index in [2.05, 4.69) is 38.1 Å². The number of unbranched alkanes of at least 4 members (excludes halogenated alkanes) is 1. The molecule has 3 aromatic rings. The molecule has 0 saturated heterocycles. The highest BCUT2D eigenvalue weighted by Gasteiger charge is 2.03. The normalized spacial score (nSPS) is 11.0. The van der Waals surface area contributed by atoms with Crippen molar-refractivity contribution in [1.29, 1.82) is 0 Å². The van der Waals surface area contributed by atoms with Crippen LogP contribution in [0.2, 0.25) is 0 Å². The Kier molecular flexibility index (Phi) is 6.38. The second-order valence-electron chi connectivity index (χ2n) is 6.99. The van der Waals surface area contributed by atoms with Crippen molar-refractivity contribution in [2.24, 2.45) is 0 Å². The van der Waals surface area contributed by atoms with Crippen LogP contribution in [0.1, 0.15) is 46.8 Å². The summed E-state index contributed by atoms with van der Waals surface area (Å²) >= 11 is 0. The number of ketones is 1. The molecule has 0 radical (unpaired) electrons. The van der Waals surface area contributed by atoms with Gasteiger partial charge in [-0.1, -0.05) is 97.8 Å². The van der Waals surface area contributed by atoms with Gasteiger partial charge < -0.3 is 0 Å². The summed E-state index contributed by atoms with van der Waals surface area (Å²) in [7, 11) is 0. The van der Waals surface area contributed by atoms with Crippen LogP contribution in [-0.2, 0) is 6.42 Å². The fourth-order valence-corrected chi connectivity index (χ4v) is 3.02. The highest BCUT2D eigenvalue weighted by atomic mass is 16.1. The maximum atomic E-state index is 12.4. The first kappa shape index (κ1) is 18.8. The molecular weight excluding hydrogens is 328 g/mol. The molecule has 0 atom stereocenters. The summed E-state index contributed by atoms with van der Waals surface area (Å²) in [5.74, 6) is 0.0250. The standard InChI is InChI=1S/C26H26O/c1-3-4-5-21-10-13-23(14-11-21)24-15-17-25(18-16-24)26(27)19-12-22-8-6-20(2)7-9-22/h6-19H,3-5H2,1-2H3/b19-12+. The molecule has 136 valence electrons. The van der Waals surface area contributed by atoms with Crippen molar-refractivity contribution in [2.75, 3.05) is 0 Å². The number of carbonyl (C=O) groups is 1. The Hall–Kier alpha value is -2.93. The molecule has 27 heavy (non-hydrogen) atoms. The molecule has 0 fully saturated rings. The third kappa shape index (κ3) is 5.27. The predicted molar refractivity (Wildman–Crippen MR) is 115 cm³/mol. The van der Waals surface area contributed by atoms with Gasteiger partial charge in [-0.2, -0.15) is 0 Å². The van der Waals surface area contributed by atoms with Gasteiger partial charge in [0.25, 0.3) is 0 Å². The number of hydrogen-bond donors (Lipinski definition) is 0. The third-order valence-corrected chi connectivity index (χ3v) is 4.78. The van der Waals surface area contributed by atoms with Crippen molar-refractivity contribution in [3.8, 4) is 11.1 Å². The molecule has 1 nitrogen and oxygen atoms in total. The van der Waals surface area contributed by atoms with Crippen molar-refractivity contribution in [1.82, 2.24) is 0 Å². The third-order valence-electron chi connectivity index (χ3n) is 4.78. The minimum atomic E-state index is 0.0250. The summed E-state index contributed by atoms with van der Waals surface area (Å²) in [5, 5.41) is 0. The van der Waals surface area contributed by atoms with Crippen molar-refractivity contribution >= 4 is 11.9 Å². The van der Waals surface area contributed by atoms with Crippen molar-refractivity contribution < 1.29 is 4.79 Å². The highest BCUT2D eigenvalue weighted by molar-refractivity contribution is 6.07. The van der Waals surface area contributed by atoms with Gasteiger partial charge in [-0.3, -0.25) is 4.79 Å². The van der Waals surface area contributed by atoms with Crippen molar-refractivity contribution in [3.63, 3.8) is 0 Å². The Balaban J connectivity index is 1.67. The average molecular weight is 354 g/mol. The number of rotatable bonds is 7. The van der Waals surface area contributed by atoms with Gasteiger partial charge in [-0.05, 0) is 48.1 Å². The molecule has 0 aliphatic carbocycles. The lowest BCUT2D eigenvalue weighted by atomic mass is 9.99. The molecule has 0 amide bonds. The molecule has 0 heterocycles. The van der Waals surface area contributed by atoms with Gasteiger partial charge >= 0.3 is 0 Å². The Morgan fingerprint density at radius 3 is 2.00 bits per heavy atom. The van der Waals surface area contributed by atoms with Gasteiger partial charge in [-0.25, -0.2) is 0 Å². The maximum Gasteiger partial charge on any atom is 0.185 e. The Labute approximate surface area is 162 Å². The largest absolute Gasteiger partial charge is 0.289 e. The van der Waals surface area contributed by atoms with E-state index in [0.717, 1.165) is 17.5 Å². The summed E-state index contributed by atoms with van der Waals surface area (Å²) in [6.07, 6.45) is 7.09. The van der Waals surface area contributed by atoms with Crippen LogP contribution in [0, 0.1) is 6.92 Å². The van der Waals surface area contributed by atoms with Crippen molar-refractivity contribution in [2.45, 2.75) is 33.1 Å². The highest BCUT2D eigenvalue weighted by Crippen LogP contribution is 2.21. The fraction of sp³-hybridized carbons (Fsp3) is 0.192. The summed E-state index contributed by atoms with van der Waals surface area (Å²) in [4.78, 5) is 12.4. The van der Waals surface area contributed by atoms with E-state index in [1.165, 1.54) is 29.5 Å². The van der Waals surface area contributed by atoms with E-state index >= 15 is 0 Å². The Bertz CT molecular complexity index is 898. The van der Waals surface area contributed by atoms with E-state index in [4.69, 9.17) is 0 Å². The fourth-order valence-electron chi connectivity index (χ4n) is 3.02. The number of carbonyl (C=O) groups excluding carboxylic acids is 1. The lowest BCUT2D eigenvalue weighted by Gasteiger charge is -2.05. The van der Waals surface area contributed by atoms with Crippen LogP contribution in [-0.4, -0.2) is 5.78 Å². The van der Waals surface area contributed by atoms with Crippen LogP contribution in [0.3, 0.4) is 0 Å². The van der Waals surface area contributed by atoms with E-state index in [1.54, 1.807) is 6.08 Å². The Morgan fingerprint density at radius 1 is 0.815 bits per heavy atom. The molecular formula is C26H26O. The molecule has 3 aromatic carbocycles. The first-order valence-electron chi connectivity index (χ1n) is 9.64. The lowest BCUT2D eigenvalue weighted by Crippen LogP contribution is -1.94. The molecule has 0 aliphatic heterocycles. The summed E-state index contributed by atoms with van der Waals surface area (Å²) in [6, 6.07) is 24.7. The molecule has 0 aromatic heterocycles. The second kappa shape index (κ2) is 9.14. The van der Waals surface area contributed by atoms with Gasteiger partial charge in [0.1, 0.15) is 0 Å². The number of aryl methyl sites for hydroxylation is 2. The monoisotopic (exact) mass is 354 g/mol. The van der Waals surface area contributed by atoms with E-state index in [0.29, 0.717) is 5.56 Å². The van der Waals surface area contributed by atoms with Gasteiger partial charge in [0.2, 0.25) is 0 Å². The zero-order valence-corrected chi connectivity index (χ0v) is 16.1. The van der Waals surface area contributed by atoms with Crippen LogP contribution in [0.4, 0.5) is 0 Å². The van der Waals surface area contributed by atoms with Crippen LogP contribution in [0.25, 0.3) is 17.2 Å². The van der Waals surface area contributed by atoms with Gasteiger partial charge in [0, 0.05) is 5.56 Å². The summed E-state index contributed by atoms with van der Waals surface area (Å²) < 4.78 is 0. The number of hydrogen-bond acceptors (Lipinski definition) is 1. The molecule has 0 saturated carbocycles. The second-order valence-corrected chi connectivity index (χ2v) is 6.99. The van der Waals surface area contributed by atoms with E-state index in [-0.39, 0.29) is 5.78 Å². The minimum absolute atomic E-state index is 0.0250. The molecule has 0 unspecified atom stereocenters. The van der Waals surface area contributed by atoms with Gasteiger partial charge in [-0.15, -0.1) is 0 Å². The zero-order valence-electron chi connectivity index (χ0n) is 16.1. The smallest absolute Gasteiger partial charge is 0.185 e. The molecule has 1 heteroatoms. The van der Waals surface area contributed by atoms with Crippen LogP contribution in [0.5, 0.6) is 0 Å². The van der Waals surface area contributed by atoms with Crippen LogP contribution < -0.4 is 0 Å².